The third-order valence-corrected chi connectivity index (χ3v) is 1.90. The van der Waals surface area contributed by atoms with Crippen LogP contribution in [0.15, 0.2) is 18.3 Å². The van der Waals surface area contributed by atoms with Gasteiger partial charge in [-0.15, -0.1) is 0 Å². The second-order valence-electron chi connectivity index (χ2n) is 3.39. The minimum absolute atomic E-state index is 0.591. The third kappa shape index (κ3) is 1.86. The summed E-state index contributed by atoms with van der Waals surface area (Å²) in [7, 11) is 1.57. The molecule has 0 aliphatic heterocycles. The van der Waals surface area contributed by atoms with Gasteiger partial charge in [-0.05, 0) is 26.0 Å². The highest BCUT2D eigenvalue weighted by atomic mass is 16.5. The summed E-state index contributed by atoms with van der Waals surface area (Å²) in [6.45, 7) is 3.62. The zero-order valence-corrected chi connectivity index (χ0v) is 8.07. The van der Waals surface area contributed by atoms with E-state index < -0.39 is 5.41 Å². The Morgan fingerprint density at radius 1 is 1.54 bits per heavy atom. The van der Waals surface area contributed by atoms with Crippen LogP contribution in [-0.2, 0) is 10.2 Å². The molecule has 0 saturated heterocycles. The maximum atomic E-state index is 10.8. The molecule has 0 spiro atoms. The molecule has 0 aliphatic rings. The molecule has 1 heterocycles. The monoisotopic (exact) mass is 179 g/mol. The van der Waals surface area contributed by atoms with E-state index in [4.69, 9.17) is 4.74 Å². The van der Waals surface area contributed by atoms with E-state index in [1.807, 2.05) is 13.8 Å². The predicted molar refractivity (Wildman–Crippen MR) is 49.9 cm³/mol. The molecule has 3 nitrogen and oxygen atoms in total. The van der Waals surface area contributed by atoms with Gasteiger partial charge in [0.15, 0.2) is 0 Å². The van der Waals surface area contributed by atoms with E-state index in [0.717, 1.165) is 6.29 Å². The quantitative estimate of drug-likeness (QED) is 0.661. The molecule has 1 aromatic heterocycles. The van der Waals surface area contributed by atoms with Crippen molar-refractivity contribution in [2.24, 2.45) is 0 Å². The highest BCUT2D eigenvalue weighted by Crippen LogP contribution is 2.27. The van der Waals surface area contributed by atoms with Gasteiger partial charge in [0.05, 0.1) is 18.2 Å². The first-order chi connectivity index (χ1) is 6.11. The Bertz CT molecular complexity index is 308. The number of hydrogen-bond donors (Lipinski definition) is 0. The van der Waals surface area contributed by atoms with Gasteiger partial charge < -0.3 is 9.53 Å². The zero-order chi connectivity index (χ0) is 9.90. The van der Waals surface area contributed by atoms with Crippen LogP contribution in [0.1, 0.15) is 19.5 Å². The number of carbonyl (C=O) groups is 1. The number of aldehydes is 1. The van der Waals surface area contributed by atoms with Crippen LogP contribution in [0, 0.1) is 0 Å². The van der Waals surface area contributed by atoms with Gasteiger partial charge >= 0.3 is 0 Å². The van der Waals surface area contributed by atoms with E-state index in [0.29, 0.717) is 11.4 Å². The first-order valence-corrected chi connectivity index (χ1v) is 4.07. The normalized spacial score (nSPS) is 11.0. The Morgan fingerprint density at radius 3 is 2.77 bits per heavy atom. The lowest BCUT2D eigenvalue weighted by molar-refractivity contribution is -0.111. The van der Waals surface area contributed by atoms with Crippen LogP contribution < -0.4 is 4.74 Å². The molecule has 3 heteroatoms. The summed E-state index contributed by atoms with van der Waals surface area (Å²) in [6.07, 6.45) is 2.53. The maximum Gasteiger partial charge on any atom is 0.141 e. The molecule has 0 unspecified atom stereocenters. The average Bonchev–Trinajstić information content (AvgIpc) is 2.18. The number of carbonyl (C=O) groups excluding carboxylic acids is 1. The first kappa shape index (κ1) is 9.71. The Labute approximate surface area is 77.8 Å². The molecule has 0 amide bonds. The van der Waals surface area contributed by atoms with Crippen molar-refractivity contribution in [3.63, 3.8) is 0 Å². The van der Waals surface area contributed by atoms with Crippen LogP contribution in [0.5, 0.6) is 5.75 Å². The number of methoxy groups -OCH3 is 1. The van der Waals surface area contributed by atoms with Crippen molar-refractivity contribution in [3.8, 4) is 5.75 Å². The van der Waals surface area contributed by atoms with Gasteiger partial charge in [-0.3, -0.25) is 4.98 Å². The van der Waals surface area contributed by atoms with E-state index in [1.165, 1.54) is 0 Å². The van der Waals surface area contributed by atoms with Crippen molar-refractivity contribution >= 4 is 6.29 Å². The summed E-state index contributed by atoms with van der Waals surface area (Å²) >= 11 is 0. The molecule has 0 aliphatic carbocycles. The SMILES string of the molecule is COc1cccnc1C(C)(C)C=O. The Kier molecular flexibility index (Phi) is 2.66. The maximum absolute atomic E-state index is 10.8. The molecule has 0 bridgehead atoms. The number of ether oxygens (including phenoxy) is 1. The number of aromatic nitrogens is 1. The van der Waals surface area contributed by atoms with Crippen molar-refractivity contribution < 1.29 is 9.53 Å². The lowest BCUT2D eigenvalue weighted by atomic mass is 9.90. The van der Waals surface area contributed by atoms with Gasteiger partial charge in [-0.2, -0.15) is 0 Å². The fourth-order valence-electron chi connectivity index (χ4n) is 1.09. The summed E-state index contributed by atoms with van der Waals surface area (Å²) < 4.78 is 5.11. The molecule has 0 atom stereocenters. The molecular formula is C10H13NO2. The van der Waals surface area contributed by atoms with E-state index in [1.54, 1.807) is 25.4 Å². The largest absolute Gasteiger partial charge is 0.495 e. The van der Waals surface area contributed by atoms with Gasteiger partial charge in [-0.1, -0.05) is 0 Å². The van der Waals surface area contributed by atoms with Crippen molar-refractivity contribution in [2.75, 3.05) is 7.11 Å². The van der Waals surface area contributed by atoms with E-state index in [2.05, 4.69) is 4.98 Å². The fourth-order valence-corrected chi connectivity index (χ4v) is 1.09. The second-order valence-corrected chi connectivity index (χ2v) is 3.39. The fraction of sp³-hybridized carbons (Fsp3) is 0.400. The molecule has 0 radical (unpaired) electrons. The summed E-state index contributed by atoms with van der Waals surface area (Å²) in [5.74, 6) is 0.652. The van der Waals surface area contributed by atoms with E-state index >= 15 is 0 Å². The highest BCUT2D eigenvalue weighted by molar-refractivity contribution is 5.67. The van der Waals surface area contributed by atoms with Crippen LogP contribution in [0.2, 0.25) is 0 Å². The van der Waals surface area contributed by atoms with Crippen molar-refractivity contribution in [1.29, 1.82) is 0 Å². The van der Waals surface area contributed by atoms with Gasteiger partial charge in [0.25, 0.3) is 0 Å². The molecule has 1 aromatic rings. The summed E-state index contributed by atoms with van der Waals surface area (Å²) in [4.78, 5) is 14.9. The molecular weight excluding hydrogens is 166 g/mol. The average molecular weight is 179 g/mol. The molecule has 0 fully saturated rings. The summed E-state index contributed by atoms with van der Waals surface area (Å²) in [5, 5.41) is 0. The minimum atomic E-state index is -0.591. The molecule has 70 valence electrons. The molecule has 0 aromatic carbocycles. The summed E-state index contributed by atoms with van der Waals surface area (Å²) in [5.41, 5.74) is 0.0829. The lowest BCUT2D eigenvalue weighted by Gasteiger charge is -2.18. The van der Waals surface area contributed by atoms with Crippen LogP contribution in [0.4, 0.5) is 0 Å². The van der Waals surface area contributed by atoms with Crippen LogP contribution >= 0.6 is 0 Å². The third-order valence-electron chi connectivity index (χ3n) is 1.90. The Balaban J connectivity index is 3.20. The Morgan fingerprint density at radius 2 is 2.23 bits per heavy atom. The zero-order valence-electron chi connectivity index (χ0n) is 8.07. The minimum Gasteiger partial charge on any atom is -0.495 e. The second kappa shape index (κ2) is 3.56. The number of hydrogen-bond acceptors (Lipinski definition) is 3. The molecule has 0 saturated carbocycles. The topological polar surface area (TPSA) is 39.2 Å². The Hall–Kier alpha value is -1.38. The molecule has 0 N–H and O–H groups in total. The number of pyridine rings is 1. The smallest absolute Gasteiger partial charge is 0.141 e. The van der Waals surface area contributed by atoms with Crippen molar-refractivity contribution in [3.05, 3.63) is 24.0 Å². The van der Waals surface area contributed by atoms with Gasteiger partial charge in [-0.25, -0.2) is 0 Å². The summed E-state index contributed by atoms with van der Waals surface area (Å²) in [6, 6.07) is 3.58. The van der Waals surface area contributed by atoms with E-state index in [9.17, 15) is 4.79 Å². The van der Waals surface area contributed by atoms with Crippen LogP contribution in [0.25, 0.3) is 0 Å². The molecule has 1 rings (SSSR count). The van der Waals surface area contributed by atoms with E-state index in [-0.39, 0.29) is 0 Å². The standard InChI is InChI=1S/C10H13NO2/c1-10(2,7-12)9-8(13-3)5-4-6-11-9/h4-7H,1-3H3. The first-order valence-electron chi connectivity index (χ1n) is 4.07. The van der Waals surface area contributed by atoms with Crippen LogP contribution in [0.3, 0.4) is 0 Å². The number of nitrogens with zero attached hydrogens (tertiary/aromatic N) is 1. The molecule has 13 heavy (non-hydrogen) atoms. The van der Waals surface area contributed by atoms with Gasteiger partial charge in [0.1, 0.15) is 12.0 Å². The lowest BCUT2D eigenvalue weighted by Crippen LogP contribution is -2.21. The number of rotatable bonds is 3. The van der Waals surface area contributed by atoms with Crippen molar-refractivity contribution in [2.45, 2.75) is 19.3 Å². The van der Waals surface area contributed by atoms with Crippen molar-refractivity contribution in [1.82, 2.24) is 4.98 Å². The predicted octanol–water partition coefficient (Wildman–Crippen LogP) is 1.57. The van der Waals surface area contributed by atoms with Gasteiger partial charge in [0, 0.05) is 6.20 Å². The van der Waals surface area contributed by atoms with Gasteiger partial charge in [0.2, 0.25) is 0 Å². The van der Waals surface area contributed by atoms with Crippen LogP contribution in [-0.4, -0.2) is 18.4 Å². The highest BCUT2D eigenvalue weighted by Gasteiger charge is 2.24.